The summed E-state index contributed by atoms with van der Waals surface area (Å²) < 4.78 is 20.8. The average molecular weight is 305 g/mol. The van der Waals surface area contributed by atoms with Gasteiger partial charge in [0.1, 0.15) is 11.6 Å². The van der Waals surface area contributed by atoms with E-state index in [9.17, 15) is 4.39 Å². The maximum atomic E-state index is 13.6. The van der Waals surface area contributed by atoms with Crippen LogP contribution in [0.1, 0.15) is 12.7 Å². The van der Waals surface area contributed by atoms with Gasteiger partial charge in [0.2, 0.25) is 0 Å². The van der Waals surface area contributed by atoms with Crippen molar-refractivity contribution in [2.24, 2.45) is 0 Å². The molecule has 6 heteroatoms. The number of aryl methyl sites for hydroxylation is 1. The van der Waals surface area contributed by atoms with Crippen molar-refractivity contribution in [1.82, 2.24) is 9.55 Å². The van der Waals surface area contributed by atoms with Crippen molar-refractivity contribution in [3.8, 4) is 0 Å². The lowest BCUT2D eigenvalue weighted by molar-refractivity contribution is 0.103. The smallest absolute Gasteiger partial charge is 0.144 e. The van der Waals surface area contributed by atoms with Crippen LogP contribution in [0.3, 0.4) is 0 Å². The van der Waals surface area contributed by atoms with Crippen molar-refractivity contribution in [3.05, 3.63) is 28.8 Å². The predicted octanol–water partition coefficient (Wildman–Crippen LogP) is 3.65. The Hall–Kier alpha value is -0.840. The first-order valence-electron chi connectivity index (χ1n) is 5.99. The summed E-state index contributed by atoms with van der Waals surface area (Å²) in [6.07, 6.45) is 0.622. The Labute approximate surface area is 121 Å². The van der Waals surface area contributed by atoms with Gasteiger partial charge < -0.3 is 9.30 Å². The predicted molar refractivity (Wildman–Crippen MR) is 75.6 cm³/mol. The monoisotopic (exact) mass is 304 g/mol. The molecule has 1 atom stereocenters. The molecule has 0 aliphatic heterocycles. The summed E-state index contributed by atoms with van der Waals surface area (Å²) in [6, 6.07) is 2.95. The van der Waals surface area contributed by atoms with Gasteiger partial charge in [0.25, 0.3) is 0 Å². The molecule has 0 amide bonds. The first-order chi connectivity index (χ1) is 9.06. The van der Waals surface area contributed by atoms with Gasteiger partial charge in [0.05, 0.1) is 28.7 Å². The number of ether oxygens (including phenoxy) is 1. The SMILES string of the molecule is COC(C)Cn1c(CCCl)nc2cc(Cl)c(F)cc21. The van der Waals surface area contributed by atoms with E-state index in [2.05, 4.69) is 4.98 Å². The molecular formula is C13H15Cl2FN2O. The highest BCUT2D eigenvalue weighted by Crippen LogP contribution is 2.24. The molecule has 1 heterocycles. The van der Waals surface area contributed by atoms with Crippen LogP contribution in [-0.4, -0.2) is 28.6 Å². The van der Waals surface area contributed by atoms with E-state index in [0.717, 1.165) is 5.82 Å². The first-order valence-corrected chi connectivity index (χ1v) is 6.91. The summed E-state index contributed by atoms with van der Waals surface area (Å²) >= 11 is 11.6. The van der Waals surface area contributed by atoms with E-state index < -0.39 is 5.82 Å². The highest BCUT2D eigenvalue weighted by atomic mass is 35.5. The molecule has 2 aromatic rings. The molecular weight excluding hydrogens is 290 g/mol. The van der Waals surface area contributed by atoms with E-state index in [-0.39, 0.29) is 11.1 Å². The van der Waals surface area contributed by atoms with E-state index in [0.29, 0.717) is 29.9 Å². The summed E-state index contributed by atoms with van der Waals surface area (Å²) in [7, 11) is 1.64. The molecule has 0 spiro atoms. The minimum atomic E-state index is -0.446. The number of rotatable bonds is 5. The molecule has 0 bridgehead atoms. The second-order valence-corrected chi connectivity index (χ2v) is 5.16. The van der Waals surface area contributed by atoms with E-state index in [1.165, 1.54) is 12.1 Å². The van der Waals surface area contributed by atoms with Gasteiger partial charge in [-0.3, -0.25) is 0 Å². The second-order valence-electron chi connectivity index (χ2n) is 4.38. The topological polar surface area (TPSA) is 27.1 Å². The molecule has 1 unspecified atom stereocenters. The van der Waals surface area contributed by atoms with Crippen molar-refractivity contribution < 1.29 is 9.13 Å². The lowest BCUT2D eigenvalue weighted by Gasteiger charge is -2.13. The van der Waals surface area contributed by atoms with E-state index in [1.54, 1.807) is 7.11 Å². The minimum absolute atomic E-state index is 0.00483. The number of fused-ring (bicyclic) bond motifs is 1. The van der Waals surface area contributed by atoms with Gasteiger partial charge >= 0.3 is 0 Å². The quantitative estimate of drug-likeness (QED) is 0.789. The number of hydrogen-bond donors (Lipinski definition) is 0. The Kier molecular flexibility index (Phi) is 4.66. The number of methoxy groups -OCH3 is 1. The molecule has 2 rings (SSSR count). The highest BCUT2D eigenvalue weighted by Gasteiger charge is 2.15. The average Bonchev–Trinajstić information content (AvgIpc) is 2.68. The largest absolute Gasteiger partial charge is 0.380 e. The van der Waals surface area contributed by atoms with Crippen LogP contribution in [0.4, 0.5) is 4.39 Å². The molecule has 0 aliphatic rings. The molecule has 0 fully saturated rings. The van der Waals surface area contributed by atoms with Gasteiger partial charge in [-0.15, -0.1) is 11.6 Å². The van der Waals surface area contributed by atoms with Crippen molar-refractivity contribution >= 4 is 34.2 Å². The zero-order valence-electron chi connectivity index (χ0n) is 10.8. The molecule has 0 radical (unpaired) electrons. The van der Waals surface area contributed by atoms with E-state index >= 15 is 0 Å². The third-order valence-electron chi connectivity index (χ3n) is 3.03. The van der Waals surface area contributed by atoms with Gasteiger partial charge in [-0.2, -0.15) is 0 Å². The molecule has 0 saturated heterocycles. The van der Waals surface area contributed by atoms with Crippen LogP contribution in [0.25, 0.3) is 11.0 Å². The molecule has 0 N–H and O–H groups in total. The fraction of sp³-hybridized carbons (Fsp3) is 0.462. The summed E-state index contributed by atoms with van der Waals surface area (Å²) in [4.78, 5) is 4.46. The molecule has 1 aromatic heterocycles. The Morgan fingerprint density at radius 1 is 1.47 bits per heavy atom. The normalized spacial score (nSPS) is 13.1. The van der Waals surface area contributed by atoms with Gasteiger partial charge in [0, 0.05) is 25.5 Å². The lowest BCUT2D eigenvalue weighted by Crippen LogP contribution is -2.17. The number of nitrogens with zero attached hydrogens (tertiary/aromatic N) is 2. The zero-order chi connectivity index (χ0) is 14.0. The maximum Gasteiger partial charge on any atom is 0.144 e. The number of halogens is 3. The Balaban J connectivity index is 2.55. The van der Waals surface area contributed by atoms with Crippen molar-refractivity contribution in [1.29, 1.82) is 0 Å². The summed E-state index contributed by atoms with van der Waals surface area (Å²) in [6.45, 7) is 2.54. The highest BCUT2D eigenvalue weighted by molar-refractivity contribution is 6.31. The Morgan fingerprint density at radius 3 is 2.84 bits per heavy atom. The number of alkyl halides is 1. The van der Waals surface area contributed by atoms with Gasteiger partial charge in [-0.1, -0.05) is 11.6 Å². The summed E-state index contributed by atoms with van der Waals surface area (Å²) in [5, 5.41) is 0.0781. The summed E-state index contributed by atoms with van der Waals surface area (Å²) in [5.74, 6) is 0.828. The molecule has 0 saturated carbocycles. The van der Waals surface area contributed by atoms with Crippen LogP contribution in [0.2, 0.25) is 5.02 Å². The van der Waals surface area contributed by atoms with E-state index in [1.807, 2.05) is 11.5 Å². The van der Waals surface area contributed by atoms with Crippen molar-refractivity contribution in [3.63, 3.8) is 0 Å². The molecule has 19 heavy (non-hydrogen) atoms. The van der Waals surface area contributed by atoms with Crippen LogP contribution in [0.15, 0.2) is 12.1 Å². The van der Waals surface area contributed by atoms with Crippen LogP contribution in [0, 0.1) is 5.82 Å². The van der Waals surface area contributed by atoms with Crippen LogP contribution in [-0.2, 0) is 17.7 Å². The Morgan fingerprint density at radius 2 is 2.21 bits per heavy atom. The van der Waals surface area contributed by atoms with Crippen molar-refractivity contribution in [2.75, 3.05) is 13.0 Å². The Bertz CT molecular complexity index is 586. The third-order valence-corrected chi connectivity index (χ3v) is 3.51. The van der Waals surface area contributed by atoms with Crippen LogP contribution < -0.4 is 0 Å². The molecule has 1 aromatic carbocycles. The van der Waals surface area contributed by atoms with Crippen molar-refractivity contribution in [2.45, 2.75) is 26.0 Å². The standard InChI is InChI=1S/C13H15Cl2FN2O/c1-8(19-2)7-18-12-6-10(16)9(15)5-11(12)17-13(18)3-4-14/h5-6,8H,3-4,7H2,1-2H3. The summed E-state index contributed by atoms with van der Waals surface area (Å²) in [5.41, 5.74) is 1.39. The first kappa shape index (κ1) is 14.6. The second kappa shape index (κ2) is 6.07. The van der Waals surface area contributed by atoms with Gasteiger partial charge in [-0.25, -0.2) is 9.37 Å². The maximum absolute atomic E-state index is 13.6. The fourth-order valence-corrected chi connectivity index (χ4v) is 2.31. The lowest BCUT2D eigenvalue weighted by atomic mass is 10.3. The third kappa shape index (κ3) is 3.02. The number of benzene rings is 1. The number of aromatic nitrogens is 2. The van der Waals surface area contributed by atoms with E-state index in [4.69, 9.17) is 27.9 Å². The number of imidazole rings is 1. The minimum Gasteiger partial charge on any atom is -0.380 e. The zero-order valence-corrected chi connectivity index (χ0v) is 12.3. The fourth-order valence-electron chi connectivity index (χ4n) is 1.98. The van der Waals surface area contributed by atoms with Crippen LogP contribution in [0.5, 0.6) is 0 Å². The molecule has 3 nitrogen and oxygen atoms in total. The number of hydrogen-bond acceptors (Lipinski definition) is 2. The molecule has 104 valence electrons. The molecule has 0 aliphatic carbocycles. The van der Waals surface area contributed by atoms with Gasteiger partial charge in [-0.05, 0) is 13.0 Å². The van der Waals surface area contributed by atoms with Gasteiger partial charge in [0.15, 0.2) is 0 Å². The van der Waals surface area contributed by atoms with Crippen LogP contribution >= 0.6 is 23.2 Å².